The van der Waals surface area contributed by atoms with Gasteiger partial charge in [0.05, 0.1) is 0 Å². The monoisotopic (exact) mass is 127 g/mol. The van der Waals surface area contributed by atoms with Crippen molar-refractivity contribution in [3.63, 3.8) is 0 Å². The minimum atomic E-state index is 0.400. The second-order valence-electron chi connectivity index (χ2n) is 3.91. The number of hydrogen-bond acceptors (Lipinski definition) is 1. The van der Waals surface area contributed by atoms with E-state index >= 15 is 0 Å². The van der Waals surface area contributed by atoms with Crippen molar-refractivity contribution >= 4 is 0 Å². The van der Waals surface area contributed by atoms with Crippen molar-refractivity contribution in [3.8, 4) is 0 Å². The molecule has 0 aromatic rings. The molecule has 1 heterocycles. The summed E-state index contributed by atoms with van der Waals surface area (Å²) in [6.07, 6.45) is 2.68. The van der Waals surface area contributed by atoms with Crippen molar-refractivity contribution in [2.24, 2.45) is 5.92 Å². The summed E-state index contributed by atoms with van der Waals surface area (Å²) in [7, 11) is 0. The molecule has 1 saturated heterocycles. The Morgan fingerprint density at radius 3 is 2.44 bits per heavy atom. The van der Waals surface area contributed by atoms with Crippen LogP contribution in [0.1, 0.15) is 33.6 Å². The Balaban J connectivity index is 2.41. The Labute approximate surface area is 57.8 Å². The van der Waals surface area contributed by atoms with E-state index in [1.54, 1.807) is 0 Å². The third kappa shape index (κ3) is 1.98. The van der Waals surface area contributed by atoms with E-state index in [1.807, 2.05) is 0 Å². The van der Waals surface area contributed by atoms with Crippen LogP contribution in [-0.4, -0.2) is 12.1 Å². The SMILES string of the molecule is C[C@@H]1CCNC(C)(C)C1. The first-order chi connectivity index (χ1) is 4.10. The van der Waals surface area contributed by atoms with E-state index in [1.165, 1.54) is 19.4 Å². The molecule has 1 aliphatic heterocycles. The molecule has 0 unspecified atom stereocenters. The Bertz CT molecular complexity index is 96.7. The van der Waals surface area contributed by atoms with E-state index in [9.17, 15) is 0 Å². The molecule has 1 rings (SSSR count). The molecule has 0 radical (unpaired) electrons. The summed E-state index contributed by atoms with van der Waals surface area (Å²) in [6.45, 7) is 8.10. The topological polar surface area (TPSA) is 12.0 Å². The molecule has 1 N–H and O–H groups in total. The van der Waals surface area contributed by atoms with E-state index in [4.69, 9.17) is 0 Å². The van der Waals surface area contributed by atoms with Crippen molar-refractivity contribution in [1.29, 1.82) is 0 Å². The molecular weight excluding hydrogens is 110 g/mol. The summed E-state index contributed by atoms with van der Waals surface area (Å²) in [4.78, 5) is 0. The lowest BCUT2D eigenvalue weighted by Crippen LogP contribution is -2.45. The molecule has 0 aromatic carbocycles. The lowest BCUT2D eigenvalue weighted by atomic mass is 9.86. The van der Waals surface area contributed by atoms with Gasteiger partial charge in [-0.3, -0.25) is 0 Å². The second-order valence-corrected chi connectivity index (χ2v) is 3.91. The normalized spacial score (nSPS) is 34.3. The maximum atomic E-state index is 3.49. The standard InChI is InChI=1S/C8H17N/c1-7-4-5-9-8(2,3)6-7/h7,9H,4-6H2,1-3H3/t7-/m1/s1. The Kier molecular flexibility index (Phi) is 1.80. The average Bonchev–Trinajstić information content (AvgIpc) is 1.60. The van der Waals surface area contributed by atoms with E-state index in [-0.39, 0.29) is 0 Å². The number of hydrogen-bond donors (Lipinski definition) is 1. The van der Waals surface area contributed by atoms with Gasteiger partial charge in [-0.25, -0.2) is 0 Å². The zero-order chi connectivity index (χ0) is 6.91. The van der Waals surface area contributed by atoms with E-state index in [2.05, 4.69) is 26.1 Å². The first-order valence-corrected chi connectivity index (χ1v) is 3.85. The van der Waals surface area contributed by atoms with Gasteiger partial charge in [0.1, 0.15) is 0 Å². The van der Waals surface area contributed by atoms with Gasteiger partial charge in [0.15, 0.2) is 0 Å². The maximum Gasteiger partial charge on any atom is 0.0127 e. The van der Waals surface area contributed by atoms with Crippen molar-refractivity contribution < 1.29 is 0 Å². The number of rotatable bonds is 0. The molecule has 0 aromatic heterocycles. The van der Waals surface area contributed by atoms with E-state index < -0.39 is 0 Å². The van der Waals surface area contributed by atoms with Crippen LogP contribution in [0.25, 0.3) is 0 Å². The third-order valence-corrected chi connectivity index (χ3v) is 2.10. The molecule has 1 heteroatoms. The lowest BCUT2D eigenvalue weighted by molar-refractivity contribution is 0.243. The van der Waals surface area contributed by atoms with Crippen LogP contribution in [0.2, 0.25) is 0 Å². The van der Waals surface area contributed by atoms with Gasteiger partial charge >= 0.3 is 0 Å². The number of piperidine rings is 1. The summed E-state index contributed by atoms with van der Waals surface area (Å²) in [5.74, 6) is 0.918. The van der Waals surface area contributed by atoms with Crippen molar-refractivity contribution in [2.45, 2.75) is 39.2 Å². The predicted octanol–water partition coefficient (Wildman–Crippen LogP) is 1.78. The van der Waals surface area contributed by atoms with Gasteiger partial charge in [0, 0.05) is 5.54 Å². The van der Waals surface area contributed by atoms with E-state index in [0.29, 0.717) is 5.54 Å². The predicted molar refractivity (Wildman–Crippen MR) is 40.5 cm³/mol. The highest BCUT2D eigenvalue weighted by molar-refractivity contribution is 4.83. The summed E-state index contributed by atoms with van der Waals surface area (Å²) < 4.78 is 0. The molecule has 1 nitrogen and oxygen atoms in total. The molecule has 0 saturated carbocycles. The van der Waals surface area contributed by atoms with Gasteiger partial charge < -0.3 is 5.32 Å². The van der Waals surface area contributed by atoms with E-state index in [0.717, 1.165) is 5.92 Å². The lowest BCUT2D eigenvalue weighted by Gasteiger charge is -2.34. The van der Waals surface area contributed by atoms with Gasteiger partial charge in [0.25, 0.3) is 0 Å². The van der Waals surface area contributed by atoms with Crippen LogP contribution in [0.15, 0.2) is 0 Å². The maximum absolute atomic E-state index is 3.49. The summed E-state index contributed by atoms with van der Waals surface area (Å²) in [5, 5.41) is 3.49. The van der Waals surface area contributed by atoms with Crippen LogP contribution in [0.4, 0.5) is 0 Å². The molecule has 9 heavy (non-hydrogen) atoms. The zero-order valence-electron chi connectivity index (χ0n) is 6.70. The molecule has 1 fully saturated rings. The molecule has 1 aliphatic rings. The van der Waals surface area contributed by atoms with Crippen LogP contribution in [0.5, 0.6) is 0 Å². The Morgan fingerprint density at radius 2 is 2.11 bits per heavy atom. The van der Waals surface area contributed by atoms with Crippen molar-refractivity contribution in [2.75, 3.05) is 6.54 Å². The fourth-order valence-corrected chi connectivity index (χ4v) is 1.70. The fraction of sp³-hybridized carbons (Fsp3) is 1.00. The Hall–Kier alpha value is -0.0400. The zero-order valence-corrected chi connectivity index (χ0v) is 6.70. The smallest absolute Gasteiger partial charge is 0.0127 e. The molecular formula is C8H17N. The largest absolute Gasteiger partial charge is 0.312 e. The quantitative estimate of drug-likeness (QED) is 0.523. The summed E-state index contributed by atoms with van der Waals surface area (Å²) in [5.41, 5.74) is 0.400. The molecule has 0 amide bonds. The van der Waals surface area contributed by atoms with Crippen molar-refractivity contribution in [1.82, 2.24) is 5.32 Å². The van der Waals surface area contributed by atoms with Crippen LogP contribution >= 0.6 is 0 Å². The van der Waals surface area contributed by atoms with Crippen LogP contribution in [0.3, 0.4) is 0 Å². The van der Waals surface area contributed by atoms with Gasteiger partial charge in [0.2, 0.25) is 0 Å². The van der Waals surface area contributed by atoms with Crippen LogP contribution < -0.4 is 5.32 Å². The second kappa shape index (κ2) is 2.30. The van der Waals surface area contributed by atoms with Gasteiger partial charge in [-0.05, 0) is 39.2 Å². The minimum Gasteiger partial charge on any atom is -0.312 e. The molecule has 0 aliphatic carbocycles. The molecule has 54 valence electrons. The minimum absolute atomic E-state index is 0.400. The van der Waals surface area contributed by atoms with Gasteiger partial charge in [-0.1, -0.05) is 6.92 Å². The first kappa shape index (κ1) is 7.07. The summed E-state index contributed by atoms with van der Waals surface area (Å²) in [6, 6.07) is 0. The number of nitrogens with one attached hydrogen (secondary N) is 1. The highest BCUT2D eigenvalue weighted by atomic mass is 15.0. The molecule has 0 bridgehead atoms. The fourth-order valence-electron chi connectivity index (χ4n) is 1.70. The van der Waals surface area contributed by atoms with Crippen LogP contribution in [-0.2, 0) is 0 Å². The first-order valence-electron chi connectivity index (χ1n) is 3.85. The highest BCUT2D eigenvalue weighted by Crippen LogP contribution is 2.22. The summed E-state index contributed by atoms with van der Waals surface area (Å²) >= 11 is 0. The third-order valence-electron chi connectivity index (χ3n) is 2.10. The molecule has 1 atom stereocenters. The van der Waals surface area contributed by atoms with Gasteiger partial charge in [-0.2, -0.15) is 0 Å². The Morgan fingerprint density at radius 1 is 1.44 bits per heavy atom. The van der Waals surface area contributed by atoms with Crippen LogP contribution in [0, 0.1) is 5.92 Å². The molecule has 0 spiro atoms. The van der Waals surface area contributed by atoms with Gasteiger partial charge in [-0.15, -0.1) is 0 Å². The highest BCUT2D eigenvalue weighted by Gasteiger charge is 2.23. The average molecular weight is 127 g/mol. The van der Waals surface area contributed by atoms with Crippen molar-refractivity contribution in [3.05, 3.63) is 0 Å².